The summed E-state index contributed by atoms with van der Waals surface area (Å²) in [7, 11) is 0. The molecule has 20 heavy (non-hydrogen) atoms. The number of carbonyl (C=O) groups excluding carboxylic acids is 1. The third kappa shape index (κ3) is 3.25. The van der Waals surface area contributed by atoms with Crippen LogP contribution in [0.4, 0.5) is 10.1 Å². The number of halogens is 3. The summed E-state index contributed by atoms with van der Waals surface area (Å²) in [6.07, 6.45) is 1.68. The molecule has 1 fully saturated rings. The van der Waals surface area contributed by atoms with Crippen molar-refractivity contribution in [2.24, 2.45) is 0 Å². The van der Waals surface area contributed by atoms with Gasteiger partial charge >= 0.3 is 0 Å². The second kappa shape index (κ2) is 6.29. The first-order valence-corrected chi connectivity index (χ1v) is 7.37. The largest absolute Gasteiger partial charge is 0.311 e. The van der Waals surface area contributed by atoms with Gasteiger partial charge in [-0.3, -0.25) is 4.79 Å². The first-order chi connectivity index (χ1) is 9.40. The van der Waals surface area contributed by atoms with Gasteiger partial charge in [-0.1, -0.05) is 37.0 Å². The fourth-order valence-electron chi connectivity index (χ4n) is 2.39. The lowest BCUT2D eigenvalue weighted by Crippen LogP contribution is -2.52. The van der Waals surface area contributed by atoms with Crippen LogP contribution in [0.25, 0.3) is 0 Å². The second-order valence-electron chi connectivity index (χ2n) is 5.23. The van der Waals surface area contributed by atoms with E-state index in [1.807, 2.05) is 13.8 Å². The van der Waals surface area contributed by atoms with Gasteiger partial charge in [0, 0.05) is 18.3 Å². The van der Waals surface area contributed by atoms with Crippen molar-refractivity contribution in [1.82, 2.24) is 5.32 Å². The smallest absolute Gasteiger partial charge is 0.244 e. The Hall–Kier alpha value is -0.840. The number of nitrogens with zero attached hydrogens (tertiary/aromatic N) is 1. The van der Waals surface area contributed by atoms with Crippen molar-refractivity contribution in [3.05, 3.63) is 28.0 Å². The molecule has 0 aromatic heterocycles. The highest BCUT2D eigenvalue weighted by atomic mass is 35.5. The van der Waals surface area contributed by atoms with Crippen LogP contribution in [0.15, 0.2) is 12.1 Å². The molecule has 1 atom stereocenters. The molecule has 0 bridgehead atoms. The standard InChI is InChI=1S/C14H17Cl2FN2O/c1-8(2)18-12-4-3-5-19(14(12)20)9-6-10(15)13(17)11(16)7-9/h6-8,12,18H,3-5H2,1-2H3. The van der Waals surface area contributed by atoms with Crippen molar-refractivity contribution >= 4 is 34.8 Å². The molecule has 1 unspecified atom stereocenters. The minimum atomic E-state index is -0.654. The molecular weight excluding hydrogens is 302 g/mol. The Morgan fingerprint density at radius 2 is 1.95 bits per heavy atom. The van der Waals surface area contributed by atoms with Crippen molar-refractivity contribution in [3.8, 4) is 0 Å². The van der Waals surface area contributed by atoms with Gasteiger partial charge in [-0.25, -0.2) is 4.39 Å². The fraction of sp³-hybridized carbons (Fsp3) is 0.500. The van der Waals surface area contributed by atoms with Gasteiger partial charge in [-0.05, 0) is 25.0 Å². The van der Waals surface area contributed by atoms with E-state index in [1.54, 1.807) is 4.90 Å². The SMILES string of the molecule is CC(C)NC1CCCN(c2cc(Cl)c(F)c(Cl)c2)C1=O. The fourth-order valence-corrected chi connectivity index (χ4v) is 2.86. The van der Waals surface area contributed by atoms with Gasteiger partial charge < -0.3 is 10.2 Å². The van der Waals surface area contributed by atoms with Crippen LogP contribution >= 0.6 is 23.2 Å². The Kier molecular flexibility index (Phi) is 4.89. The van der Waals surface area contributed by atoms with Crippen LogP contribution in [-0.2, 0) is 4.79 Å². The summed E-state index contributed by atoms with van der Waals surface area (Å²) >= 11 is 11.6. The summed E-state index contributed by atoms with van der Waals surface area (Å²) in [6, 6.07) is 2.90. The van der Waals surface area contributed by atoms with E-state index in [9.17, 15) is 9.18 Å². The molecule has 1 amide bonds. The Labute approximate surface area is 128 Å². The normalized spacial score (nSPS) is 19.8. The summed E-state index contributed by atoms with van der Waals surface area (Å²) in [5.41, 5.74) is 0.543. The zero-order chi connectivity index (χ0) is 14.9. The van der Waals surface area contributed by atoms with Gasteiger partial charge in [0.15, 0.2) is 5.82 Å². The van der Waals surface area contributed by atoms with E-state index in [-0.39, 0.29) is 28.0 Å². The van der Waals surface area contributed by atoms with Crippen LogP contribution in [0, 0.1) is 5.82 Å². The quantitative estimate of drug-likeness (QED) is 0.863. The number of nitrogens with one attached hydrogen (secondary N) is 1. The number of amides is 1. The lowest BCUT2D eigenvalue weighted by molar-refractivity contribution is -0.121. The molecule has 1 aromatic carbocycles. The second-order valence-corrected chi connectivity index (χ2v) is 6.04. The van der Waals surface area contributed by atoms with Crippen molar-refractivity contribution in [2.75, 3.05) is 11.4 Å². The molecule has 2 rings (SSSR count). The van der Waals surface area contributed by atoms with E-state index in [2.05, 4.69) is 5.32 Å². The lowest BCUT2D eigenvalue weighted by atomic mass is 10.0. The van der Waals surface area contributed by atoms with Crippen molar-refractivity contribution in [2.45, 2.75) is 38.8 Å². The van der Waals surface area contributed by atoms with E-state index in [0.29, 0.717) is 12.2 Å². The topological polar surface area (TPSA) is 32.3 Å². The molecule has 0 spiro atoms. The molecule has 0 radical (unpaired) electrons. The number of hydrogen-bond acceptors (Lipinski definition) is 2. The maximum Gasteiger partial charge on any atom is 0.244 e. The van der Waals surface area contributed by atoms with E-state index in [1.165, 1.54) is 12.1 Å². The summed E-state index contributed by atoms with van der Waals surface area (Å²) in [6.45, 7) is 4.59. The van der Waals surface area contributed by atoms with Crippen molar-refractivity contribution in [3.63, 3.8) is 0 Å². The highest BCUT2D eigenvalue weighted by Gasteiger charge is 2.30. The summed E-state index contributed by atoms with van der Waals surface area (Å²) < 4.78 is 13.4. The van der Waals surface area contributed by atoms with Gasteiger partial charge in [0.25, 0.3) is 0 Å². The summed E-state index contributed by atoms with van der Waals surface area (Å²) in [5, 5.41) is 3.10. The molecule has 3 nitrogen and oxygen atoms in total. The minimum Gasteiger partial charge on any atom is -0.311 e. The number of hydrogen-bond donors (Lipinski definition) is 1. The number of piperidine rings is 1. The first kappa shape index (κ1) is 15.5. The molecule has 1 aliphatic rings. The lowest BCUT2D eigenvalue weighted by Gasteiger charge is -2.34. The Morgan fingerprint density at radius 1 is 1.35 bits per heavy atom. The van der Waals surface area contributed by atoms with Crippen LogP contribution in [0.2, 0.25) is 10.0 Å². The zero-order valence-corrected chi connectivity index (χ0v) is 12.9. The molecule has 6 heteroatoms. The Bertz CT molecular complexity index is 499. The molecule has 1 heterocycles. The highest BCUT2D eigenvalue weighted by molar-refractivity contribution is 6.35. The minimum absolute atomic E-state index is 0.0244. The van der Waals surface area contributed by atoms with Gasteiger partial charge in [-0.2, -0.15) is 0 Å². The predicted molar refractivity (Wildman–Crippen MR) is 80.1 cm³/mol. The number of anilines is 1. The number of rotatable bonds is 3. The van der Waals surface area contributed by atoms with E-state index < -0.39 is 5.82 Å². The first-order valence-electron chi connectivity index (χ1n) is 6.62. The maximum atomic E-state index is 13.4. The van der Waals surface area contributed by atoms with Crippen molar-refractivity contribution in [1.29, 1.82) is 0 Å². The highest BCUT2D eigenvalue weighted by Crippen LogP contribution is 2.31. The Balaban J connectivity index is 2.25. The average Bonchev–Trinajstić information content (AvgIpc) is 2.37. The third-order valence-electron chi connectivity index (χ3n) is 3.25. The molecule has 1 N–H and O–H groups in total. The molecule has 0 aliphatic carbocycles. The predicted octanol–water partition coefficient (Wildman–Crippen LogP) is 3.63. The van der Waals surface area contributed by atoms with Crippen LogP contribution < -0.4 is 10.2 Å². The van der Waals surface area contributed by atoms with Crippen LogP contribution in [0.1, 0.15) is 26.7 Å². The molecule has 1 saturated heterocycles. The summed E-state index contributed by atoms with van der Waals surface area (Å²) in [4.78, 5) is 14.1. The summed E-state index contributed by atoms with van der Waals surface area (Å²) in [5.74, 6) is -0.679. The van der Waals surface area contributed by atoms with E-state index in [4.69, 9.17) is 23.2 Å². The van der Waals surface area contributed by atoms with E-state index >= 15 is 0 Å². The maximum absolute atomic E-state index is 13.4. The third-order valence-corrected chi connectivity index (χ3v) is 3.80. The number of carbonyl (C=O) groups is 1. The van der Waals surface area contributed by atoms with Crippen LogP contribution in [-0.4, -0.2) is 24.5 Å². The zero-order valence-electron chi connectivity index (χ0n) is 11.4. The van der Waals surface area contributed by atoms with E-state index in [0.717, 1.165) is 12.8 Å². The molecule has 1 aliphatic heterocycles. The van der Waals surface area contributed by atoms with Crippen molar-refractivity contribution < 1.29 is 9.18 Å². The van der Waals surface area contributed by atoms with Crippen LogP contribution in [0.5, 0.6) is 0 Å². The van der Waals surface area contributed by atoms with Gasteiger partial charge in [0.2, 0.25) is 5.91 Å². The van der Waals surface area contributed by atoms with Gasteiger partial charge in [0.05, 0.1) is 16.1 Å². The van der Waals surface area contributed by atoms with Gasteiger partial charge in [0.1, 0.15) is 0 Å². The number of benzene rings is 1. The Morgan fingerprint density at radius 3 is 2.50 bits per heavy atom. The molecule has 1 aromatic rings. The average molecular weight is 319 g/mol. The van der Waals surface area contributed by atoms with Gasteiger partial charge in [-0.15, -0.1) is 0 Å². The monoisotopic (exact) mass is 318 g/mol. The molecule has 110 valence electrons. The molecular formula is C14H17Cl2FN2O. The molecule has 0 saturated carbocycles. The van der Waals surface area contributed by atoms with Crippen LogP contribution in [0.3, 0.4) is 0 Å².